The standard InChI is InChI=1S/C24H23Cl2N5S/c1-15-20(13-17-3-5-18(25)6-4-17)23(28-16(2)27-15)30-9-11-31(12-10-30)24-29-21-8-7-19(26)14-22(21)32-24/h3-8,14H,9-13H2,1-2H3. The molecule has 0 amide bonds. The number of aryl methyl sites for hydroxylation is 2. The van der Waals surface area contributed by atoms with E-state index in [4.69, 9.17) is 33.2 Å². The highest BCUT2D eigenvalue weighted by Gasteiger charge is 2.24. The topological polar surface area (TPSA) is 45.2 Å². The minimum Gasteiger partial charge on any atom is -0.353 e. The quantitative estimate of drug-likeness (QED) is 0.360. The summed E-state index contributed by atoms with van der Waals surface area (Å²) in [5, 5.41) is 2.55. The zero-order valence-electron chi connectivity index (χ0n) is 18.0. The Morgan fingerprint density at radius 3 is 2.28 bits per heavy atom. The highest BCUT2D eigenvalue weighted by atomic mass is 35.5. The highest BCUT2D eigenvalue weighted by Crippen LogP contribution is 2.32. The van der Waals surface area contributed by atoms with Crippen molar-refractivity contribution >= 4 is 55.7 Å². The lowest BCUT2D eigenvalue weighted by atomic mass is 10.0. The second kappa shape index (κ2) is 8.85. The number of halogens is 2. The number of hydrogen-bond acceptors (Lipinski definition) is 6. The van der Waals surface area contributed by atoms with Gasteiger partial charge in [0.25, 0.3) is 0 Å². The van der Waals surface area contributed by atoms with Crippen molar-refractivity contribution in [2.75, 3.05) is 36.0 Å². The summed E-state index contributed by atoms with van der Waals surface area (Å²) >= 11 is 13.9. The summed E-state index contributed by atoms with van der Waals surface area (Å²) < 4.78 is 1.13. The van der Waals surface area contributed by atoms with Crippen LogP contribution in [0.3, 0.4) is 0 Å². The molecule has 1 saturated heterocycles. The van der Waals surface area contributed by atoms with Gasteiger partial charge in [0.05, 0.1) is 10.2 Å². The van der Waals surface area contributed by atoms with Gasteiger partial charge in [-0.25, -0.2) is 15.0 Å². The maximum absolute atomic E-state index is 6.15. The van der Waals surface area contributed by atoms with Gasteiger partial charge in [0.1, 0.15) is 11.6 Å². The number of thiazole rings is 1. The summed E-state index contributed by atoms with van der Waals surface area (Å²) in [4.78, 5) is 19.1. The molecule has 2 aromatic heterocycles. The lowest BCUT2D eigenvalue weighted by molar-refractivity contribution is 0.641. The molecule has 0 radical (unpaired) electrons. The summed E-state index contributed by atoms with van der Waals surface area (Å²) in [6.45, 7) is 7.61. The Kier molecular flexibility index (Phi) is 5.93. The van der Waals surface area contributed by atoms with Crippen LogP contribution in [-0.2, 0) is 6.42 Å². The minimum absolute atomic E-state index is 0.749. The van der Waals surface area contributed by atoms with Crippen LogP contribution in [0.15, 0.2) is 42.5 Å². The zero-order valence-corrected chi connectivity index (χ0v) is 20.3. The summed E-state index contributed by atoms with van der Waals surface area (Å²) in [5.41, 5.74) is 4.43. The van der Waals surface area contributed by atoms with Gasteiger partial charge in [-0.2, -0.15) is 0 Å². The number of nitrogens with zero attached hydrogens (tertiary/aromatic N) is 5. The van der Waals surface area contributed by atoms with Crippen LogP contribution in [0.25, 0.3) is 10.2 Å². The molecule has 0 N–H and O–H groups in total. The van der Waals surface area contributed by atoms with Crippen molar-refractivity contribution in [3.05, 3.63) is 75.2 Å². The first-order valence-electron chi connectivity index (χ1n) is 10.6. The van der Waals surface area contributed by atoms with Gasteiger partial charge in [-0.1, -0.05) is 46.7 Å². The second-order valence-corrected chi connectivity index (χ2v) is 9.93. The smallest absolute Gasteiger partial charge is 0.186 e. The van der Waals surface area contributed by atoms with E-state index >= 15 is 0 Å². The Bertz CT molecular complexity index is 1260. The largest absolute Gasteiger partial charge is 0.353 e. The molecule has 0 spiro atoms. The third-order valence-corrected chi connectivity index (χ3v) is 7.35. The summed E-state index contributed by atoms with van der Waals surface area (Å²) in [7, 11) is 0. The summed E-state index contributed by atoms with van der Waals surface area (Å²) in [6.07, 6.45) is 0.789. The van der Waals surface area contributed by atoms with Crippen molar-refractivity contribution in [3.8, 4) is 0 Å². The Labute approximate surface area is 201 Å². The Balaban J connectivity index is 1.37. The van der Waals surface area contributed by atoms with Crippen LogP contribution >= 0.6 is 34.5 Å². The molecule has 1 aliphatic rings. The second-order valence-electron chi connectivity index (χ2n) is 8.04. The molecule has 5 rings (SSSR count). The van der Waals surface area contributed by atoms with Gasteiger partial charge in [0.2, 0.25) is 0 Å². The van der Waals surface area contributed by atoms with Crippen LogP contribution < -0.4 is 9.80 Å². The number of anilines is 2. The van der Waals surface area contributed by atoms with E-state index in [-0.39, 0.29) is 0 Å². The van der Waals surface area contributed by atoms with Crippen LogP contribution in [0.2, 0.25) is 10.0 Å². The molecule has 0 bridgehead atoms. The molecule has 1 fully saturated rings. The fraction of sp³-hybridized carbons (Fsp3) is 0.292. The number of fused-ring (bicyclic) bond motifs is 1. The highest BCUT2D eigenvalue weighted by molar-refractivity contribution is 7.22. The number of hydrogen-bond donors (Lipinski definition) is 0. The predicted octanol–water partition coefficient (Wildman–Crippen LogP) is 5.93. The molecule has 4 aromatic rings. The molecule has 5 nitrogen and oxygen atoms in total. The monoisotopic (exact) mass is 483 g/mol. The Morgan fingerprint density at radius 2 is 1.53 bits per heavy atom. The van der Waals surface area contributed by atoms with Crippen LogP contribution in [-0.4, -0.2) is 41.1 Å². The van der Waals surface area contributed by atoms with Gasteiger partial charge in [-0.05, 0) is 49.7 Å². The average molecular weight is 484 g/mol. The van der Waals surface area contributed by atoms with Crippen molar-refractivity contribution in [2.45, 2.75) is 20.3 Å². The molecular weight excluding hydrogens is 461 g/mol. The van der Waals surface area contributed by atoms with Crippen molar-refractivity contribution in [1.82, 2.24) is 15.0 Å². The van der Waals surface area contributed by atoms with Gasteiger partial charge < -0.3 is 9.80 Å². The van der Waals surface area contributed by atoms with Gasteiger partial charge >= 0.3 is 0 Å². The lowest BCUT2D eigenvalue weighted by Crippen LogP contribution is -2.47. The molecule has 0 atom stereocenters. The third kappa shape index (κ3) is 4.40. The Morgan fingerprint density at radius 1 is 0.844 bits per heavy atom. The first-order chi connectivity index (χ1) is 15.5. The van der Waals surface area contributed by atoms with Crippen LogP contribution in [0.5, 0.6) is 0 Å². The van der Waals surface area contributed by atoms with Gasteiger partial charge in [-0.3, -0.25) is 0 Å². The Hall–Kier alpha value is -2.41. The lowest BCUT2D eigenvalue weighted by Gasteiger charge is -2.36. The van der Waals surface area contributed by atoms with Crippen molar-refractivity contribution in [2.24, 2.45) is 0 Å². The van der Waals surface area contributed by atoms with E-state index in [0.29, 0.717) is 0 Å². The van der Waals surface area contributed by atoms with Gasteiger partial charge in [0, 0.05) is 53.9 Å². The molecule has 2 aromatic carbocycles. The molecule has 32 heavy (non-hydrogen) atoms. The van der Waals surface area contributed by atoms with Crippen molar-refractivity contribution < 1.29 is 0 Å². The van der Waals surface area contributed by atoms with Gasteiger partial charge in [-0.15, -0.1) is 0 Å². The molecule has 0 aliphatic carbocycles. The summed E-state index contributed by atoms with van der Waals surface area (Å²) in [5.74, 6) is 1.85. The number of piperazine rings is 1. The molecule has 8 heteroatoms. The first-order valence-corrected chi connectivity index (χ1v) is 12.2. The maximum atomic E-state index is 6.15. The van der Waals surface area contributed by atoms with Crippen molar-refractivity contribution in [1.29, 1.82) is 0 Å². The van der Waals surface area contributed by atoms with Gasteiger partial charge in [0.15, 0.2) is 5.13 Å². The fourth-order valence-corrected chi connectivity index (χ4v) is 5.54. The van der Waals surface area contributed by atoms with E-state index in [1.54, 1.807) is 11.3 Å². The molecular formula is C24H23Cl2N5S. The van der Waals surface area contributed by atoms with Crippen molar-refractivity contribution in [3.63, 3.8) is 0 Å². The normalized spacial score (nSPS) is 14.4. The zero-order chi connectivity index (χ0) is 22.2. The predicted molar refractivity (Wildman–Crippen MR) is 135 cm³/mol. The van der Waals surface area contributed by atoms with E-state index in [1.807, 2.05) is 37.3 Å². The molecule has 1 aliphatic heterocycles. The average Bonchev–Trinajstić information content (AvgIpc) is 3.20. The number of aromatic nitrogens is 3. The van der Waals surface area contributed by atoms with E-state index < -0.39 is 0 Å². The maximum Gasteiger partial charge on any atom is 0.186 e. The van der Waals surface area contributed by atoms with Crippen LogP contribution in [0.4, 0.5) is 10.9 Å². The van der Waals surface area contributed by atoms with E-state index in [0.717, 1.165) is 75.3 Å². The molecule has 164 valence electrons. The number of rotatable bonds is 4. The van der Waals surface area contributed by atoms with Crippen LogP contribution in [0, 0.1) is 13.8 Å². The molecule has 3 heterocycles. The van der Waals surface area contributed by atoms with E-state index in [1.165, 1.54) is 11.1 Å². The summed E-state index contributed by atoms with van der Waals surface area (Å²) in [6, 6.07) is 13.9. The third-order valence-electron chi connectivity index (χ3n) is 5.79. The van der Waals surface area contributed by atoms with E-state index in [9.17, 15) is 0 Å². The number of benzene rings is 2. The fourth-order valence-electron chi connectivity index (χ4n) is 4.12. The first kappa shape index (κ1) is 21.4. The molecule has 0 saturated carbocycles. The van der Waals surface area contributed by atoms with Crippen LogP contribution in [0.1, 0.15) is 22.6 Å². The minimum atomic E-state index is 0.749. The molecule has 0 unspecified atom stereocenters. The SMILES string of the molecule is Cc1nc(C)c(Cc2ccc(Cl)cc2)c(N2CCN(c3nc4ccc(Cl)cc4s3)CC2)n1. The van der Waals surface area contributed by atoms with E-state index in [2.05, 4.69) is 33.8 Å².